The summed E-state index contributed by atoms with van der Waals surface area (Å²) in [6.45, 7) is 5.31. The molecule has 1 saturated heterocycles. The largest absolute Gasteiger partial charge is 0.480 e. The molecule has 1 aromatic rings. The molecule has 0 radical (unpaired) electrons. The standard InChI is InChI=1S/C11H15NO4S3/c1-6-4-10(7(2)18-6)19(15,16)12-8(3)17-5-9(12)11(13)14/h4,8-9H,5H2,1-3H3,(H,13,14). The highest BCUT2D eigenvalue weighted by Crippen LogP contribution is 2.36. The van der Waals surface area contributed by atoms with E-state index in [1.165, 1.54) is 23.1 Å². The van der Waals surface area contributed by atoms with Crippen LogP contribution in [0.5, 0.6) is 0 Å². The molecule has 2 rings (SSSR count). The van der Waals surface area contributed by atoms with E-state index in [-0.39, 0.29) is 16.0 Å². The van der Waals surface area contributed by atoms with Crippen molar-refractivity contribution in [2.45, 2.75) is 37.1 Å². The monoisotopic (exact) mass is 321 g/mol. The average molecular weight is 321 g/mol. The predicted octanol–water partition coefficient (Wildman–Crippen LogP) is 1.90. The number of carboxylic acids is 1. The molecule has 0 spiro atoms. The Morgan fingerprint density at radius 2 is 2.11 bits per heavy atom. The Labute approximate surface area is 120 Å². The van der Waals surface area contributed by atoms with E-state index in [4.69, 9.17) is 5.11 Å². The first-order chi connectivity index (χ1) is 8.75. The zero-order valence-corrected chi connectivity index (χ0v) is 13.2. The van der Waals surface area contributed by atoms with Gasteiger partial charge >= 0.3 is 5.97 Å². The molecule has 0 amide bonds. The molecule has 5 nitrogen and oxygen atoms in total. The van der Waals surface area contributed by atoms with Gasteiger partial charge in [0.05, 0.1) is 10.3 Å². The molecule has 0 bridgehead atoms. The van der Waals surface area contributed by atoms with Crippen LogP contribution in [0.4, 0.5) is 0 Å². The van der Waals surface area contributed by atoms with Crippen LogP contribution in [0.25, 0.3) is 0 Å². The number of hydrogen-bond acceptors (Lipinski definition) is 5. The maximum atomic E-state index is 12.6. The third kappa shape index (κ3) is 2.54. The second-order valence-electron chi connectivity index (χ2n) is 4.40. The van der Waals surface area contributed by atoms with Gasteiger partial charge in [-0.05, 0) is 26.8 Å². The molecule has 2 atom stereocenters. The number of aryl methyl sites for hydroxylation is 2. The van der Waals surface area contributed by atoms with Crippen molar-refractivity contribution in [3.8, 4) is 0 Å². The molecule has 0 aliphatic carbocycles. The zero-order chi connectivity index (χ0) is 14.4. The van der Waals surface area contributed by atoms with Crippen molar-refractivity contribution in [3.05, 3.63) is 15.8 Å². The number of rotatable bonds is 3. The summed E-state index contributed by atoms with van der Waals surface area (Å²) in [7, 11) is -3.75. The third-order valence-corrected chi connectivity index (χ3v) is 7.55. The number of aliphatic carboxylic acids is 1. The Balaban J connectivity index is 2.49. The maximum absolute atomic E-state index is 12.6. The van der Waals surface area contributed by atoms with Crippen molar-refractivity contribution in [1.82, 2.24) is 4.31 Å². The van der Waals surface area contributed by atoms with Gasteiger partial charge in [0.25, 0.3) is 0 Å². The summed E-state index contributed by atoms with van der Waals surface area (Å²) in [5, 5.41) is 8.81. The minimum Gasteiger partial charge on any atom is -0.480 e. The van der Waals surface area contributed by atoms with Gasteiger partial charge in [0, 0.05) is 15.5 Å². The van der Waals surface area contributed by atoms with E-state index in [9.17, 15) is 13.2 Å². The van der Waals surface area contributed by atoms with Crippen LogP contribution in [0, 0.1) is 13.8 Å². The summed E-state index contributed by atoms with van der Waals surface area (Å²) in [6.07, 6.45) is 0. The lowest BCUT2D eigenvalue weighted by Crippen LogP contribution is -2.44. The quantitative estimate of drug-likeness (QED) is 0.920. The van der Waals surface area contributed by atoms with Crippen LogP contribution in [0.1, 0.15) is 16.7 Å². The van der Waals surface area contributed by atoms with Gasteiger partial charge in [0.2, 0.25) is 10.0 Å². The van der Waals surface area contributed by atoms with Gasteiger partial charge in [0.1, 0.15) is 6.04 Å². The van der Waals surface area contributed by atoms with Gasteiger partial charge in [-0.3, -0.25) is 4.79 Å². The average Bonchev–Trinajstić information content (AvgIpc) is 2.82. The zero-order valence-electron chi connectivity index (χ0n) is 10.8. The molecule has 106 valence electrons. The molecule has 0 aromatic carbocycles. The van der Waals surface area contributed by atoms with Crippen LogP contribution in [-0.4, -0.2) is 41.0 Å². The molecule has 1 fully saturated rings. The summed E-state index contributed by atoms with van der Waals surface area (Å²) in [5.41, 5.74) is 0. The molecule has 0 saturated carbocycles. The van der Waals surface area contributed by atoms with Gasteiger partial charge < -0.3 is 5.11 Å². The maximum Gasteiger partial charge on any atom is 0.322 e. The lowest BCUT2D eigenvalue weighted by Gasteiger charge is -2.24. The fourth-order valence-corrected chi connectivity index (χ4v) is 6.97. The third-order valence-electron chi connectivity index (χ3n) is 3.00. The Kier molecular flexibility index (Phi) is 3.97. The molecule has 1 aromatic heterocycles. The Morgan fingerprint density at radius 1 is 1.47 bits per heavy atom. The van der Waals surface area contributed by atoms with Crippen LogP contribution in [0.15, 0.2) is 11.0 Å². The first kappa shape index (κ1) is 14.8. The lowest BCUT2D eigenvalue weighted by molar-refractivity contribution is -0.140. The highest BCUT2D eigenvalue weighted by Gasteiger charge is 2.45. The van der Waals surface area contributed by atoms with Crippen molar-refractivity contribution < 1.29 is 18.3 Å². The number of sulfonamides is 1. The first-order valence-electron chi connectivity index (χ1n) is 5.70. The van der Waals surface area contributed by atoms with E-state index in [2.05, 4.69) is 0 Å². The lowest BCUT2D eigenvalue weighted by atomic mass is 10.3. The summed E-state index contributed by atoms with van der Waals surface area (Å²) in [6, 6.07) is 0.633. The second kappa shape index (κ2) is 5.08. The number of carboxylic acid groups (broad SMARTS) is 1. The molecule has 19 heavy (non-hydrogen) atoms. The normalized spacial score (nSPS) is 24.8. The van der Waals surface area contributed by atoms with Crippen molar-refractivity contribution in [3.63, 3.8) is 0 Å². The number of hydrogen-bond donors (Lipinski definition) is 1. The van der Waals surface area contributed by atoms with E-state index < -0.39 is 22.0 Å². The van der Waals surface area contributed by atoms with Gasteiger partial charge in [-0.15, -0.1) is 23.1 Å². The van der Waals surface area contributed by atoms with Gasteiger partial charge in [0.15, 0.2) is 0 Å². The highest BCUT2D eigenvalue weighted by atomic mass is 32.2. The summed E-state index contributed by atoms with van der Waals surface area (Å²) < 4.78 is 26.4. The Morgan fingerprint density at radius 3 is 2.58 bits per heavy atom. The van der Waals surface area contributed by atoms with Gasteiger partial charge in [-0.1, -0.05) is 0 Å². The van der Waals surface area contributed by atoms with Gasteiger partial charge in [-0.2, -0.15) is 4.31 Å². The van der Waals surface area contributed by atoms with Crippen LogP contribution in [0.3, 0.4) is 0 Å². The topological polar surface area (TPSA) is 74.7 Å². The summed E-state index contributed by atoms with van der Waals surface area (Å²) in [4.78, 5) is 13.0. The number of carbonyl (C=O) groups is 1. The van der Waals surface area contributed by atoms with Crippen LogP contribution in [0.2, 0.25) is 0 Å². The van der Waals surface area contributed by atoms with Crippen LogP contribution >= 0.6 is 23.1 Å². The van der Waals surface area contributed by atoms with Crippen molar-refractivity contribution in [2.24, 2.45) is 0 Å². The molecule has 2 unspecified atom stereocenters. The van der Waals surface area contributed by atoms with Crippen molar-refractivity contribution >= 4 is 39.1 Å². The van der Waals surface area contributed by atoms with E-state index in [0.29, 0.717) is 4.88 Å². The summed E-state index contributed by atoms with van der Waals surface area (Å²) >= 11 is 2.75. The fourth-order valence-electron chi connectivity index (χ4n) is 2.15. The molecule has 8 heteroatoms. The van der Waals surface area contributed by atoms with E-state index in [1.807, 2.05) is 6.92 Å². The molecular weight excluding hydrogens is 306 g/mol. The minimum absolute atomic E-state index is 0.232. The molecular formula is C11H15NO4S3. The van der Waals surface area contributed by atoms with Crippen molar-refractivity contribution in [1.29, 1.82) is 0 Å². The SMILES string of the molecule is Cc1cc(S(=O)(=O)N2C(C)SCC2C(=O)O)c(C)s1. The first-order valence-corrected chi connectivity index (χ1v) is 9.00. The number of nitrogens with zero attached hydrogens (tertiary/aromatic N) is 1. The minimum atomic E-state index is -3.75. The molecule has 1 aliphatic rings. The highest BCUT2D eigenvalue weighted by molar-refractivity contribution is 8.01. The van der Waals surface area contributed by atoms with E-state index in [1.54, 1.807) is 19.9 Å². The van der Waals surface area contributed by atoms with Gasteiger partial charge in [-0.25, -0.2) is 8.42 Å². The second-order valence-corrected chi connectivity index (χ2v) is 9.02. The summed E-state index contributed by atoms with van der Waals surface area (Å²) in [5.74, 6) is -0.803. The Bertz CT molecular complexity index is 607. The van der Waals surface area contributed by atoms with E-state index in [0.717, 1.165) is 9.18 Å². The molecule has 2 heterocycles. The molecule has 1 N–H and O–H groups in total. The number of thiophene rings is 1. The Hall–Kier alpha value is -0.570. The number of thioether (sulfide) groups is 1. The van der Waals surface area contributed by atoms with E-state index >= 15 is 0 Å². The molecule has 1 aliphatic heterocycles. The predicted molar refractivity (Wildman–Crippen MR) is 76.2 cm³/mol. The van der Waals surface area contributed by atoms with Crippen LogP contribution < -0.4 is 0 Å². The smallest absolute Gasteiger partial charge is 0.322 e. The van der Waals surface area contributed by atoms with Crippen LogP contribution in [-0.2, 0) is 14.8 Å². The fraction of sp³-hybridized carbons (Fsp3) is 0.545. The van der Waals surface area contributed by atoms with Crippen molar-refractivity contribution in [2.75, 3.05) is 5.75 Å².